The highest BCUT2D eigenvalue weighted by atomic mass is 35.5. The van der Waals surface area contributed by atoms with Gasteiger partial charge in [-0.1, -0.05) is 11.6 Å². The maximum absolute atomic E-state index is 6.09. The molecule has 1 aromatic heterocycles. The lowest BCUT2D eigenvalue weighted by molar-refractivity contribution is 0.239. The molecular formula is C10H15ClN2S. The Labute approximate surface area is 93.4 Å². The predicted octanol–water partition coefficient (Wildman–Crippen LogP) is 2.37. The summed E-state index contributed by atoms with van der Waals surface area (Å²) in [4.78, 5) is 1.28. The monoisotopic (exact) mass is 230 g/mol. The Hall–Kier alpha value is -0.0900. The van der Waals surface area contributed by atoms with E-state index in [1.807, 2.05) is 6.07 Å². The Morgan fingerprint density at radius 2 is 2.29 bits per heavy atom. The second-order valence-electron chi connectivity index (χ2n) is 4.03. The standard InChI is InChI=1S/C10H15ClN2S/c11-9-3-2-8(14-9)6-13-7-10(12)4-1-5-10/h2-3,13H,1,4-7,12H2. The third kappa shape index (κ3) is 2.48. The summed E-state index contributed by atoms with van der Waals surface area (Å²) >= 11 is 7.46. The zero-order chi connectivity index (χ0) is 10.0. The Morgan fingerprint density at radius 3 is 2.79 bits per heavy atom. The molecule has 2 rings (SSSR count). The summed E-state index contributed by atoms with van der Waals surface area (Å²) in [5, 5.41) is 3.38. The maximum Gasteiger partial charge on any atom is 0.0931 e. The molecule has 2 nitrogen and oxygen atoms in total. The van der Waals surface area contributed by atoms with Gasteiger partial charge >= 0.3 is 0 Å². The van der Waals surface area contributed by atoms with Gasteiger partial charge in [0.05, 0.1) is 4.34 Å². The van der Waals surface area contributed by atoms with E-state index in [1.54, 1.807) is 11.3 Å². The van der Waals surface area contributed by atoms with Gasteiger partial charge in [0.15, 0.2) is 0 Å². The third-order valence-electron chi connectivity index (χ3n) is 2.75. The van der Waals surface area contributed by atoms with Gasteiger partial charge < -0.3 is 11.1 Å². The van der Waals surface area contributed by atoms with Gasteiger partial charge in [0.1, 0.15) is 0 Å². The van der Waals surface area contributed by atoms with E-state index >= 15 is 0 Å². The SMILES string of the molecule is NC1(CNCc2ccc(Cl)s2)CCC1. The molecule has 1 fully saturated rings. The van der Waals surface area contributed by atoms with Crippen molar-refractivity contribution in [3.05, 3.63) is 21.3 Å². The van der Waals surface area contributed by atoms with E-state index < -0.39 is 0 Å². The molecule has 0 saturated heterocycles. The lowest BCUT2D eigenvalue weighted by Crippen LogP contribution is -2.53. The van der Waals surface area contributed by atoms with Crippen molar-refractivity contribution in [3.8, 4) is 0 Å². The van der Waals surface area contributed by atoms with Crippen LogP contribution < -0.4 is 11.1 Å². The van der Waals surface area contributed by atoms with Gasteiger partial charge in [-0.25, -0.2) is 0 Å². The van der Waals surface area contributed by atoms with Crippen LogP contribution in [-0.4, -0.2) is 12.1 Å². The van der Waals surface area contributed by atoms with E-state index in [0.29, 0.717) is 0 Å². The molecule has 0 aliphatic heterocycles. The molecule has 1 heterocycles. The van der Waals surface area contributed by atoms with E-state index in [4.69, 9.17) is 17.3 Å². The number of nitrogens with one attached hydrogen (secondary N) is 1. The van der Waals surface area contributed by atoms with Crippen LogP contribution in [0.5, 0.6) is 0 Å². The molecular weight excluding hydrogens is 216 g/mol. The van der Waals surface area contributed by atoms with E-state index in [9.17, 15) is 0 Å². The summed E-state index contributed by atoms with van der Waals surface area (Å²) in [6.45, 7) is 1.80. The van der Waals surface area contributed by atoms with Crippen LogP contribution in [0, 0.1) is 0 Å². The minimum absolute atomic E-state index is 0.0705. The lowest BCUT2D eigenvalue weighted by atomic mass is 9.78. The number of hydrogen-bond acceptors (Lipinski definition) is 3. The van der Waals surface area contributed by atoms with Crippen molar-refractivity contribution in [2.75, 3.05) is 6.54 Å². The molecule has 1 aromatic rings. The number of thiophene rings is 1. The highest BCUT2D eigenvalue weighted by Crippen LogP contribution is 2.28. The van der Waals surface area contributed by atoms with Crippen LogP contribution in [0.3, 0.4) is 0 Å². The predicted molar refractivity (Wildman–Crippen MR) is 61.8 cm³/mol. The van der Waals surface area contributed by atoms with Crippen LogP contribution in [-0.2, 0) is 6.54 Å². The van der Waals surface area contributed by atoms with Gasteiger partial charge in [-0.3, -0.25) is 0 Å². The Balaban J connectivity index is 1.72. The molecule has 0 amide bonds. The topological polar surface area (TPSA) is 38.0 Å². The summed E-state index contributed by atoms with van der Waals surface area (Å²) in [5.41, 5.74) is 6.16. The molecule has 1 saturated carbocycles. The Kier molecular flexibility index (Phi) is 3.12. The van der Waals surface area contributed by atoms with Crippen molar-refractivity contribution >= 4 is 22.9 Å². The van der Waals surface area contributed by atoms with Crippen LogP contribution >= 0.6 is 22.9 Å². The summed E-state index contributed by atoms with van der Waals surface area (Å²) in [6, 6.07) is 3.99. The smallest absolute Gasteiger partial charge is 0.0931 e. The molecule has 0 radical (unpaired) electrons. The first-order valence-corrected chi connectivity index (χ1v) is 6.11. The summed E-state index contributed by atoms with van der Waals surface area (Å²) < 4.78 is 0.855. The molecule has 0 unspecified atom stereocenters. The molecule has 1 aliphatic carbocycles. The molecule has 4 heteroatoms. The van der Waals surface area contributed by atoms with Crippen molar-refractivity contribution in [2.24, 2.45) is 5.73 Å². The van der Waals surface area contributed by atoms with E-state index in [-0.39, 0.29) is 5.54 Å². The van der Waals surface area contributed by atoms with Crippen LogP contribution in [0.1, 0.15) is 24.1 Å². The van der Waals surface area contributed by atoms with Gasteiger partial charge in [-0.05, 0) is 31.4 Å². The first kappa shape index (κ1) is 10.4. The normalized spacial score (nSPS) is 19.3. The van der Waals surface area contributed by atoms with Gasteiger partial charge in [-0.15, -0.1) is 11.3 Å². The third-order valence-corrected chi connectivity index (χ3v) is 3.99. The fraction of sp³-hybridized carbons (Fsp3) is 0.600. The van der Waals surface area contributed by atoms with E-state index in [1.165, 1.54) is 11.3 Å². The zero-order valence-corrected chi connectivity index (χ0v) is 9.63. The summed E-state index contributed by atoms with van der Waals surface area (Å²) in [5.74, 6) is 0. The van der Waals surface area contributed by atoms with Crippen molar-refractivity contribution in [1.82, 2.24) is 5.32 Å². The lowest BCUT2D eigenvalue weighted by Gasteiger charge is -2.38. The molecule has 14 heavy (non-hydrogen) atoms. The number of nitrogens with two attached hydrogens (primary N) is 1. The molecule has 0 aromatic carbocycles. The van der Waals surface area contributed by atoms with Crippen molar-refractivity contribution < 1.29 is 0 Å². The Morgan fingerprint density at radius 1 is 1.50 bits per heavy atom. The molecule has 0 spiro atoms. The molecule has 3 N–H and O–H groups in total. The van der Waals surface area contributed by atoms with Gasteiger partial charge in [-0.2, -0.15) is 0 Å². The highest BCUT2D eigenvalue weighted by molar-refractivity contribution is 7.16. The number of rotatable bonds is 4. The average Bonchev–Trinajstić information content (AvgIpc) is 2.49. The fourth-order valence-corrected chi connectivity index (χ4v) is 2.75. The first-order valence-electron chi connectivity index (χ1n) is 4.92. The van der Waals surface area contributed by atoms with Crippen LogP contribution in [0.2, 0.25) is 4.34 Å². The fourth-order valence-electron chi connectivity index (χ4n) is 1.69. The van der Waals surface area contributed by atoms with E-state index in [0.717, 1.165) is 30.3 Å². The first-order chi connectivity index (χ1) is 6.68. The highest BCUT2D eigenvalue weighted by Gasteiger charge is 2.31. The van der Waals surface area contributed by atoms with Crippen molar-refractivity contribution in [3.63, 3.8) is 0 Å². The second kappa shape index (κ2) is 4.19. The van der Waals surface area contributed by atoms with Gasteiger partial charge in [0.25, 0.3) is 0 Å². The maximum atomic E-state index is 6.09. The molecule has 1 aliphatic rings. The quantitative estimate of drug-likeness (QED) is 0.834. The molecule has 0 bridgehead atoms. The second-order valence-corrected chi connectivity index (χ2v) is 5.82. The molecule has 0 atom stereocenters. The summed E-state index contributed by atoms with van der Waals surface area (Å²) in [7, 11) is 0. The zero-order valence-electron chi connectivity index (χ0n) is 8.05. The summed E-state index contributed by atoms with van der Waals surface area (Å²) in [6.07, 6.45) is 3.60. The number of halogens is 1. The van der Waals surface area contributed by atoms with Gasteiger partial charge in [0, 0.05) is 23.5 Å². The number of hydrogen-bond donors (Lipinski definition) is 2. The minimum atomic E-state index is 0.0705. The van der Waals surface area contributed by atoms with Crippen molar-refractivity contribution in [1.29, 1.82) is 0 Å². The van der Waals surface area contributed by atoms with Crippen LogP contribution in [0.25, 0.3) is 0 Å². The Bertz CT molecular complexity index is 307. The average molecular weight is 231 g/mol. The largest absolute Gasteiger partial charge is 0.324 e. The minimum Gasteiger partial charge on any atom is -0.324 e. The van der Waals surface area contributed by atoms with Crippen LogP contribution in [0.4, 0.5) is 0 Å². The van der Waals surface area contributed by atoms with Gasteiger partial charge in [0.2, 0.25) is 0 Å². The van der Waals surface area contributed by atoms with E-state index in [2.05, 4.69) is 11.4 Å². The van der Waals surface area contributed by atoms with Crippen molar-refractivity contribution in [2.45, 2.75) is 31.3 Å². The van der Waals surface area contributed by atoms with Crippen LogP contribution in [0.15, 0.2) is 12.1 Å². The molecule has 78 valence electrons.